The fourth-order valence-corrected chi connectivity index (χ4v) is 2.80. The number of rotatable bonds is 11. The van der Waals surface area contributed by atoms with Crippen LogP contribution in [-0.2, 0) is 0 Å². The molecule has 0 saturated carbocycles. The Bertz CT molecular complexity index is 776. The second-order valence-electron chi connectivity index (χ2n) is 6.53. The molecular formula is C22H27FN2O3. The van der Waals surface area contributed by atoms with Gasteiger partial charge in [0.1, 0.15) is 11.6 Å². The molecule has 0 fully saturated rings. The lowest BCUT2D eigenvalue weighted by Crippen LogP contribution is -2.21. The monoisotopic (exact) mass is 386 g/mol. The van der Waals surface area contributed by atoms with Crippen LogP contribution in [0.3, 0.4) is 0 Å². The molecule has 150 valence electrons. The van der Waals surface area contributed by atoms with Gasteiger partial charge < -0.3 is 4.74 Å². The Morgan fingerprint density at radius 3 is 2.50 bits per heavy atom. The number of hydrogen-bond donors (Lipinski definition) is 2. The maximum Gasteiger partial charge on any atom is 0.158 e. The van der Waals surface area contributed by atoms with Crippen LogP contribution in [-0.4, -0.2) is 23.9 Å². The molecule has 0 aliphatic rings. The highest BCUT2D eigenvalue weighted by atomic mass is 19.1. The van der Waals surface area contributed by atoms with Crippen molar-refractivity contribution in [2.24, 2.45) is 4.99 Å². The number of benzene rings is 2. The summed E-state index contributed by atoms with van der Waals surface area (Å²) < 4.78 is 19.2. The summed E-state index contributed by atoms with van der Waals surface area (Å²) in [4.78, 5) is 15.4. The first-order chi connectivity index (χ1) is 13.7. The van der Waals surface area contributed by atoms with Crippen LogP contribution >= 0.6 is 0 Å². The molecular weight excluding hydrogens is 359 g/mol. The lowest BCUT2D eigenvalue weighted by Gasteiger charge is -2.09. The lowest BCUT2D eigenvalue weighted by molar-refractivity contribution is 0.112. The van der Waals surface area contributed by atoms with Crippen LogP contribution in [0.4, 0.5) is 10.1 Å². The highest BCUT2D eigenvalue weighted by molar-refractivity contribution is 6.05. The number of nitrogens with one attached hydrogen (secondary N) is 1. The van der Waals surface area contributed by atoms with E-state index >= 15 is 0 Å². The molecule has 0 unspecified atom stereocenters. The Balaban J connectivity index is 1.96. The van der Waals surface area contributed by atoms with Crippen molar-refractivity contribution in [2.45, 2.75) is 45.4 Å². The van der Waals surface area contributed by atoms with E-state index in [1.807, 2.05) is 5.48 Å². The number of carbonyl (C=O) groups excluding carboxylic acids is 1. The number of halogens is 1. The van der Waals surface area contributed by atoms with Crippen LogP contribution in [0.15, 0.2) is 47.5 Å². The molecule has 0 atom stereocenters. The van der Waals surface area contributed by atoms with E-state index in [1.165, 1.54) is 44.2 Å². The molecule has 0 amide bonds. The van der Waals surface area contributed by atoms with Gasteiger partial charge in [0.05, 0.1) is 12.3 Å². The minimum absolute atomic E-state index is 0.0117. The van der Waals surface area contributed by atoms with E-state index in [2.05, 4.69) is 11.9 Å². The molecule has 5 nitrogen and oxygen atoms in total. The van der Waals surface area contributed by atoms with Gasteiger partial charge >= 0.3 is 0 Å². The van der Waals surface area contributed by atoms with Crippen LogP contribution in [0.25, 0.3) is 0 Å². The van der Waals surface area contributed by atoms with Crippen LogP contribution in [0.2, 0.25) is 0 Å². The summed E-state index contributed by atoms with van der Waals surface area (Å²) in [6, 6.07) is 10.7. The minimum atomic E-state index is -0.526. The highest BCUT2D eigenvalue weighted by Crippen LogP contribution is 2.20. The van der Waals surface area contributed by atoms with Crippen LogP contribution in [0.1, 0.15) is 61.4 Å². The van der Waals surface area contributed by atoms with Crippen molar-refractivity contribution in [1.29, 1.82) is 0 Å². The van der Waals surface area contributed by atoms with E-state index < -0.39 is 5.82 Å². The van der Waals surface area contributed by atoms with Gasteiger partial charge in [-0.2, -0.15) is 0 Å². The van der Waals surface area contributed by atoms with Gasteiger partial charge in [-0.1, -0.05) is 39.0 Å². The Hall–Kier alpha value is -2.73. The first-order valence-corrected chi connectivity index (χ1v) is 9.64. The number of hydroxylamine groups is 1. The third-order valence-electron chi connectivity index (χ3n) is 4.35. The van der Waals surface area contributed by atoms with Gasteiger partial charge in [0, 0.05) is 11.1 Å². The first-order valence-electron chi connectivity index (χ1n) is 9.64. The lowest BCUT2D eigenvalue weighted by atomic mass is 10.1. The molecule has 6 heteroatoms. The second kappa shape index (κ2) is 11.9. The van der Waals surface area contributed by atoms with Gasteiger partial charge in [-0.05, 0) is 48.9 Å². The van der Waals surface area contributed by atoms with E-state index in [9.17, 15) is 14.4 Å². The molecule has 2 N–H and O–H groups in total. The number of nitrogens with zero attached hydrogens (tertiary/aromatic N) is 1. The molecule has 0 spiro atoms. The van der Waals surface area contributed by atoms with Crippen molar-refractivity contribution < 1.29 is 19.1 Å². The maximum absolute atomic E-state index is 13.5. The summed E-state index contributed by atoms with van der Waals surface area (Å²) in [6.07, 6.45) is 7.83. The van der Waals surface area contributed by atoms with E-state index in [-0.39, 0.29) is 17.0 Å². The zero-order valence-electron chi connectivity index (χ0n) is 16.2. The van der Waals surface area contributed by atoms with Gasteiger partial charge in [-0.3, -0.25) is 15.5 Å². The normalized spacial score (nSPS) is 11.3. The molecule has 2 aromatic carbocycles. The minimum Gasteiger partial charge on any atom is -0.494 e. The predicted molar refractivity (Wildman–Crippen MR) is 108 cm³/mol. The number of aliphatic imine (C=N–C) groups is 1. The topological polar surface area (TPSA) is 70.9 Å². The van der Waals surface area contributed by atoms with Gasteiger partial charge in [-0.25, -0.2) is 9.38 Å². The Kier molecular flexibility index (Phi) is 9.15. The number of unbranched alkanes of at least 4 members (excludes halogenated alkanes) is 5. The Morgan fingerprint density at radius 2 is 1.82 bits per heavy atom. The maximum atomic E-state index is 13.5. The largest absolute Gasteiger partial charge is 0.494 e. The zero-order valence-corrected chi connectivity index (χ0v) is 16.2. The quantitative estimate of drug-likeness (QED) is 0.177. The van der Waals surface area contributed by atoms with Crippen LogP contribution < -0.4 is 10.2 Å². The smallest absolute Gasteiger partial charge is 0.158 e. The van der Waals surface area contributed by atoms with Crippen molar-refractivity contribution in [3.05, 3.63) is 59.4 Å². The van der Waals surface area contributed by atoms with E-state index in [0.717, 1.165) is 18.2 Å². The fourth-order valence-electron chi connectivity index (χ4n) is 2.80. The summed E-state index contributed by atoms with van der Waals surface area (Å²) in [6.45, 7) is 2.87. The third kappa shape index (κ3) is 6.78. The summed E-state index contributed by atoms with van der Waals surface area (Å²) in [5.74, 6) is 0.203. The average Bonchev–Trinajstić information content (AvgIpc) is 2.72. The number of carbonyl (C=O) groups is 1. The van der Waals surface area contributed by atoms with Crippen molar-refractivity contribution in [3.8, 4) is 5.75 Å². The van der Waals surface area contributed by atoms with E-state index in [4.69, 9.17) is 4.74 Å². The van der Waals surface area contributed by atoms with Crippen molar-refractivity contribution in [2.75, 3.05) is 6.61 Å². The van der Waals surface area contributed by atoms with Gasteiger partial charge in [-0.15, -0.1) is 0 Å². The number of amidine groups is 1. The number of hydrogen-bond acceptors (Lipinski definition) is 4. The van der Waals surface area contributed by atoms with Crippen molar-refractivity contribution >= 4 is 17.8 Å². The summed E-state index contributed by atoms with van der Waals surface area (Å²) in [5, 5.41) is 9.38. The molecule has 28 heavy (non-hydrogen) atoms. The molecule has 0 aliphatic carbocycles. The van der Waals surface area contributed by atoms with E-state index in [0.29, 0.717) is 18.6 Å². The van der Waals surface area contributed by atoms with Gasteiger partial charge in [0.25, 0.3) is 0 Å². The third-order valence-corrected chi connectivity index (χ3v) is 4.35. The highest BCUT2D eigenvalue weighted by Gasteiger charge is 2.10. The van der Waals surface area contributed by atoms with Crippen molar-refractivity contribution in [3.63, 3.8) is 0 Å². The van der Waals surface area contributed by atoms with Gasteiger partial charge in [0.15, 0.2) is 12.1 Å². The standard InChI is InChI=1S/C22H27FN2O3/c1-2-3-4-5-6-7-14-28-20-12-10-19(11-13-20)24-22(25-27)21-15-18(23)9-8-17(21)16-26/h8-13,15-16,27H,2-7,14H2,1H3,(H,24,25). The van der Waals surface area contributed by atoms with Gasteiger partial charge in [0.2, 0.25) is 0 Å². The van der Waals surface area contributed by atoms with Crippen LogP contribution in [0, 0.1) is 5.82 Å². The molecule has 0 radical (unpaired) electrons. The number of aldehydes is 1. The first kappa shape index (κ1) is 21.6. The molecule has 0 aliphatic heterocycles. The molecule has 2 rings (SSSR count). The molecule has 0 heterocycles. The molecule has 0 aromatic heterocycles. The SMILES string of the molecule is CCCCCCCCOc1ccc(N=C(NO)c2cc(F)ccc2C=O)cc1. The average molecular weight is 386 g/mol. The molecule has 0 saturated heterocycles. The fraction of sp³-hybridized carbons (Fsp3) is 0.364. The van der Waals surface area contributed by atoms with Crippen LogP contribution in [0.5, 0.6) is 5.75 Å². The molecule has 2 aromatic rings. The van der Waals surface area contributed by atoms with E-state index in [1.54, 1.807) is 24.3 Å². The van der Waals surface area contributed by atoms with Crippen molar-refractivity contribution in [1.82, 2.24) is 5.48 Å². The summed E-state index contributed by atoms with van der Waals surface area (Å²) >= 11 is 0. The molecule has 0 bridgehead atoms. The Labute approximate surface area is 165 Å². The predicted octanol–water partition coefficient (Wildman–Crippen LogP) is 5.43. The summed E-state index contributed by atoms with van der Waals surface area (Å²) in [5.41, 5.74) is 2.88. The number of ether oxygens (including phenoxy) is 1. The summed E-state index contributed by atoms with van der Waals surface area (Å²) in [7, 11) is 0. The second-order valence-corrected chi connectivity index (χ2v) is 6.53. The zero-order chi connectivity index (χ0) is 20.2. The Morgan fingerprint density at radius 1 is 1.11 bits per heavy atom.